The summed E-state index contributed by atoms with van der Waals surface area (Å²) in [7, 11) is 0. The number of nitrogens with one attached hydrogen (secondary N) is 1. The molecule has 162 valence electrons. The van der Waals surface area contributed by atoms with Gasteiger partial charge in [-0.2, -0.15) is 0 Å². The predicted molar refractivity (Wildman–Crippen MR) is 123 cm³/mol. The Labute approximate surface area is 188 Å². The van der Waals surface area contributed by atoms with Crippen LogP contribution in [-0.4, -0.2) is 22.4 Å². The van der Waals surface area contributed by atoms with Crippen LogP contribution in [0.25, 0.3) is 0 Å². The van der Waals surface area contributed by atoms with E-state index in [9.17, 15) is 9.59 Å². The van der Waals surface area contributed by atoms with Crippen LogP contribution in [0.2, 0.25) is 0 Å². The van der Waals surface area contributed by atoms with Crippen LogP contribution in [0.5, 0.6) is 5.75 Å². The zero-order chi connectivity index (χ0) is 22.3. The van der Waals surface area contributed by atoms with Gasteiger partial charge in [0.25, 0.3) is 0 Å². The van der Waals surface area contributed by atoms with Crippen molar-refractivity contribution in [3.8, 4) is 5.75 Å². The molecular weight excluding hydrogens is 400 g/mol. The fraction of sp³-hybridized carbons (Fsp3) is 0.259. The molecule has 0 aliphatic carbocycles. The van der Waals surface area contributed by atoms with Crippen LogP contribution in [0.15, 0.2) is 78.9 Å². The van der Waals surface area contributed by atoms with E-state index in [1.165, 1.54) is 0 Å². The molecule has 5 rings (SSSR count). The zero-order valence-electron chi connectivity index (χ0n) is 18.2. The summed E-state index contributed by atoms with van der Waals surface area (Å²) < 4.78 is 6.38. The first-order valence-corrected chi connectivity index (χ1v) is 11.0. The monoisotopic (exact) mass is 426 g/mol. The number of piperidine rings is 1. The van der Waals surface area contributed by atoms with E-state index in [1.807, 2.05) is 92.7 Å². The van der Waals surface area contributed by atoms with Crippen LogP contribution in [0.1, 0.15) is 36.0 Å². The van der Waals surface area contributed by atoms with Crippen molar-refractivity contribution in [2.24, 2.45) is 5.92 Å². The molecule has 0 aromatic heterocycles. The zero-order valence-corrected chi connectivity index (χ0v) is 18.2. The number of para-hydroxylation sites is 1. The molecule has 32 heavy (non-hydrogen) atoms. The minimum absolute atomic E-state index is 0.202. The Bertz CT molecular complexity index is 1160. The molecule has 0 spiro atoms. The molecule has 0 radical (unpaired) electrons. The third-order valence-corrected chi connectivity index (χ3v) is 6.54. The van der Waals surface area contributed by atoms with Crippen LogP contribution in [-0.2, 0) is 16.1 Å². The molecule has 3 aromatic carbocycles. The lowest BCUT2D eigenvalue weighted by Gasteiger charge is -2.52. The largest absolute Gasteiger partial charge is 0.468 e. The van der Waals surface area contributed by atoms with Gasteiger partial charge in [-0.1, -0.05) is 66.2 Å². The highest BCUT2D eigenvalue weighted by Crippen LogP contribution is 2.50. The van der Waals surface area contributed by atoms with Gasteiger partial charge >= 0.3 is 0 Å². The number of anilines is 1. The van der Waals surface area contributed by atoms with Crippen molar-refractivity contribution < 1.29 is 14.3 Å². The van der Waals surface area contributed by atoms with Crippen molar-refractivity contribution in [1.29, 1.82) is 0 Å². The average molecular weight is 427 g/mol. The predicted octanol–water partition coefficient (Wildman–Crippen LogP) is 4.87. The fourth-order valence-corrected chi connectivity index (χ4v) is 4.88. The van der Waals surface area contributed by atoms with E-state index in [0.717, 1.165) is 22.4 Å². The molecule has 0 unspecified atom stereocenters. The molecule has 3 aromatic rings. The summed E-state index contributed by atoms with van der Waals surface area (Å²) in [5.41, 5.74) is 2.91. The summed E-state index contributed by atoms with van der Waals surface area (Å²) in [6, 6.07) is 25.2. The van der Waals surface area contributed by atoms with Crippen molar-refractivity contribution >= 4 is 17.5 Å². The van der Waals surface area contributed by atoms with Gasteiger partial charge in [0.05, 0.1) is 0 Å². The first-order chi connectivity index (χ1) is 15.4. The molecule has 2 aliphatic rings. The fourth-order valence-electron chi connectivity index (χ4n) is 4.88. The number of carbonyl (C=O) groups excluding carboxylic acids is 2. The van der Waals surface area contributed by atoms with E-state index in [0.29, 0.717) is 18.7 Å². The maximum Gasteiger partial charge on any atom is 0.239 e. The van der Waals surface area contributed by atoms with E-state index in [1.54, 1.807) is 4.90 Å². The number of likely N-dealkylation sites (tertiary alicyclic amines) is 1. The number of hydrogen-bond acceptors (Lipinski definition) is 3. The Morgan fingerprint density at radius 2 is 1.72 bits per heavy atom. The van der Waals surface area contributed by atoms with Gasteiger partial charge in [-0.3, -0.25) is 14.5 Å². The van der Waals surface area contributed by atoms with Gasteiger partial charge in [0.2, 0.25) is 11.8 Å². The lowest BCUT2D eigenvalue weighted by molar-refractivity contribution is -0.177. The highest BCUT2D eigenvalue weighted by atomic mass is 16.5. The number of hydrogen-bond donors (Lipinski definition) is 1. The van der Waals surface area contributed by atoms with Crippen molar-refractivity contribution in [2.45, 2.75) is 38.5 Å². The Kier molecular flexibility index (Phi) is 4.97. The van der Waals surface area contributed by atoms with Gasteiger partial charge in [0.15, 0.2) is 5.72 Å². The summed E-state index contributed by atoms with van der Waals surface area (Å²) in [5.74, 6) is -0.801. The molecule has 2 amide bonds. The first kappa shape index (κ1) is 20.3. The lowest BCUT2D eigenvalue weighted by Crippen LogP contribution is -2.63. The molecule has 2 heterocycles. The smallest absolute Gasteiger partial charge is 0.239 e. The standard InChI is InChI=1S/C27H26N2O3/c1-18-12-14-20(15-13-18)28-25(30)24-22-16-27(2,32-23-11-7-6-10-21(22)23)29(26(24)31)17-19-8-4-3-5-9-19/h3-15,22,24H,16-17H2,1-2H3,(H,28,30)/t22-,24-,27+/m1/s1. The topological polar surface area (TPSA) is 58.6 Å². The SMILES string of the molecule is Cc1ccc(NC(=O)[C@@H]2C(=O)N(Cc3ccccc3)[C@]3(C)C[C@@H]2c2ccccc2O3)cc1. The number of rotatable bonds is 4. The second-order valence-corrected chi connectivity index (χ2v) is 8.87. The normalized spacial score (nSPS) is 23.8. The number of amides is 2. The van der Waals surface area contributed by atoms with Gasteiger partial charge < -0.3 is 10.1 Å². The molecule has 3 atom stereocenters. The summed E-state index contributed by atoms with van der Waals surface area (Å²) in [6.07, 6.45) is 0.564. The van der Waals surface area contributed by atoms with Gasteiger partial charge in [0.1, 0.15) is 11.7 Å². The molecule has 1 saturated heterocycles. The van der Waals surface area contributed by atoms with Crippen molar-refractivity contribution in [2.75, 3.05) is 5.32 Å². The van der Waals surface area contributed by atoms with Crippen molar-refractivity contribution in [1.82, 2.24) is 4.90 Å². The van der Waals surface area contributed by atoms with Gasteiger partial charge in [-0.15, -0.1) is 0 Å². The van der Waals surface area contributed by atoms with Crippen LogP contribution < -0.4 is 10.1 Å². The van der Waals surface area contributed by atoms with Crippen LogP contribution in [0.3, 0.4) is 0 Å². The quantitative estimate of drug-likeness (QED) is 0.605. The van der Waals surface area contributed by atoms with Crippen LogP contribution in [0.4, 0.5) is 5.69 Å². The van der Waals surface area contributed by atoms with Crippen molar-refractivity contribution in [3.05, 3.63) is 95.6 Å². The van der Waals surface area contributed by atoms with Gasteiger partial charge in [-0.05, 0) is 43.2 Å². The Hall–Kier alpha value is -3.60. The Morgan fingerprint density at radius 3 is 2.47 bits per heavy atom. The van der Waals surface area contributed by atoms with Crippen LogP contribution >= 0.6 is 0 Å². The summed E-state index contributed by atoms with van der Waals surface area (Å²) >= 11 is 0. The van der Waals surface area contributed by atoms with Gasteiger partial charge in [-0.25, -0.2) is 0 Å². The van der Waals surface area contributed by atoms with E-state index >= 15 is 0 Å². The molecule has 5 heteroatoms. The second-order valence-electron chi connectivity index (χ2n) is 8.87. The van der Waals surface area contributed by atoms with E-state index < -0.39 is 11.6 Å². The van der Waals surface area contributed by atoms with E-state index in [-0.39, 0.29) is 17.7 Å². The van der Waals surface area contributed by atoms with Crippen molar-refractivity contribution in [3.63, 3.8) is 0 Å². The van der Waals surface area contributed by atoms with E-state index in [2.05, 4.69) is 5.32 Å². The molecule has 2 aliphatic heterocycles. The highest BCUT2D eigenvalue weighted by Gasteiger charge is 2.56. The van der Waals surface area contributed by atoms with Crippen LogP contribution in [0, 0.1) is 12.8 Å². The average Bonchev–Trinajstić information content (AvgIpc) is 2.79. The molecule has 2 bridgehead atoms. The number of carbonyl (C=O) groups is 2. The van der Waals surface area contributed by atoms with E-state index in [4.69, 9.17) is 4.74 Å². The third-order valence-electron chi connectivity index (χ3n) is 6.54. The Morgan fingerprint density at radius 1 is 1.03 bits per heavy atom. The Balaban J connectivity index is 1.53. The first-order valence-electron chi connectivity index (χ1n) is 11.0. The third kappa shape index (κ3) is 3.54. The summed E-state index contributed by atoms with van der Waals surface area (Å²) in [5, 5.41) is 2.97. The summed E-state index contributed by atoms with van der Waals surface area (Å²) in [6.45, 7) is 4.34. The number of fused-ring (bicyclic) bond motifs is 4. The molecule has 1 fully saturated rings. The molecule has 5 nitrogen and oxygen atoms in total. The molecule has 0 saturated carbocycles. The maximum atomic E-state index is 13.8. The molecular formula is C27H26N2O3. The summed E-state index contributed by atoms with van der Waals surface area (Å²) in [4.78, 5) is 29.0. The number of nitrogens with zero attached hydrogens (tertiary/aromatic N) is 1. The lowest BCUT2D eigenvalue weighted by atomic mass is 9.73. The maximum absolute atomic E-state index is 13.8. The van der Waals surface area contributed by atoms with Gasteiger partial charge in [0, 0.05) is 24.6 Å². The number of benzene rings is 3. The number of ether oxygens (including phenoxy) is 1. The molecule has 1 N–H and O–H groups in total. The number of aryl methyl sites for hydroxylation is 1. The minimum atomic E-state index is -0.821. The minimum Gasteiger partial charge on any atom is -0.468 e. The highest BCUT2D eigenvalue weighted by molar-refractivity contribution is 6.08. The second kappa shape index (κ2) is 7.83.